The van der Waals surface area contributed by atoms with Gasteiger partial charge < -0.3 is 15.2 Å². The number of H-pyrrole nitrogens is 1. The van der Waals surface area contributed by atoms with E-state index in [0.717, 1.165) is 55.5 Å². The maximum atomic E-state index is 12.7. The van der Waals surface area contributed by atoms with Crippen molar-refractivity contribution in [2.45, 2.75) is 62.8 Å². The molecule has 3 atom stereocenters. The number of piperidine rings is 1. The van der Waals surface area contributed by atoms with Gasteiger partial charge in [0.2, 0.25) is 0 Å². The fraction of sp³-hybridized carbons (Fsp3) is 0.750. The second-order valence-electron chi connectivity index (χ2n) is 6.22. The third kappa shape index (κ3) is 3.59. The molecule has 0 spiro atoms. The number of amides is 2. The predicted molar refractivity (Wildman–Crippen MR) is 90.0 cm³/mol. The molecule has 5 nitrogen and oxygen atoms in total. The molecule has 2 heterocycles. The Kier molecular flexibility index (Phi) is 5.28. The molecule has 1 aliphatic carbocycles. The Morgan fingerprint density at radius 2 is 2.36 bits per heavy atom. The number of rotatable bonds is 4. The summed E-state index contributed by atoms with van der Waals surface area (Å²) in [7, 11) is 0. The van der Waals surface area contributed by atoms with Gasteiger partial charge in [0.1, 0.15) is 5.82 Å². The van der Waals surface area contributed by atoms with Gasteiger partial charge in [-0.3, -0.25) is 0 Å². The molecule has 1 saturated carbocycles. The zero-order chi connectivity index (χ0) is 15.4. The van der Waals surface area contributed by atoms with E-state index in [9.17, 15) is 4.79 Å². The lowest BCUT2D eigenvalue weighted by Crippen LogP contribution is -2.47. The summed E-state index contributed by atoms with van der Waals surface area (Å²) in [4.78, 5) is 22.2. The average molecular weight is 322 g/mol. The van der Waals surface area contributed by atoms with Gasteiger partial charge in [-0.15, -0.1) is 0 Å². The molecule has 1 saturated heterocycles. The smallest absolute Gasteiger partial charge is 0.318 e. The van der Waals surface area contributed by atoms with E-state index < -0.39 is 0 Å². The number of aromatic amines is 1. The van der Waals surface area contributed by atoms with E-state index in [0.29, 0.717) is 6.04 Å². The van der Waals surface area contributed by atoms with Gasteiger partial charge in [0.25, 0.3) is 0 Å². The maximum absolute atomic E-state index is 12.7. The minimum Gasteiger partial charge on any atom is -0.347 e. The molecule has 22 heavy (non-hydrogen) atoms. The van der Waals surface area contributed by atoms with Gasteiger partial charge >= 0.3 is 6.03 Å². The van der Waals surface area contributed by atoms with Gasteiger partial charge in [0.05, 0.1) is 6.04 Å². The summed E-state index contributed by atoms with van der Waals surface area (Å²) in [5, 5.41) is 3.98. The molecule has 2 aliphatic rings. The predicted octanol–water partition coefficient (Wildman–Crippen LogP) is 3.32. The average Bonchev–Trinajstić information content (AvgIpc) is 3.19. The highest BCUT2D eigenvalue weighted by atomic mass is 32.2. The van der Waals surface area contributed by atoms with E-state index in [1.54, 1.807) is 6.20 Å². The first kappa shape index (κ1) is 15.7. The lowest BCUT2D eigenvalue weighted by atomic mass is 10.0. The van der Waals surface area contributed by atoms with Crippen LogP contribution in [-0.4, -0.2) is 44.5 Å². The van der Waals surface area contributed by atoms with Gasteiger partial charge in [-0.25, -0.2) is 9.78 Å². The third-order valence-electron chi connectivity index (χ3n) is 4.71. The third-order valence-corrected chi connectivity index (χ3v) is 5.95. The van der Waals surface area contributed by atoms with Crippen LogP contribution in [0.25, 0.3) is 0 Å². The molecule has 0 radical (unpaired) electrons. The van der Waals surface area contributed by atoms with Crippen molar-refractivity contribution in [2.75, 3.05) is 12.3 Å². The molecule has 2 amide bonds. The fourth-order valence-corrected chi connectivity index (χ4v) is 4.78. The summed E-state index contributed by atoms with van der Waals surface area (Å²) >= 11 is 2.02. The number of likely N-dealkylation sites (tertiary alicyclic amines) is 1. The van der Waals surface area contributed by atoms with Crippen molar-refractivity contribution in [3.63, 3.8) is 0 Å². The number of hydrogen-bond donors (Lipinski definition) is 2. The van der Waals surface area contributed by atoms with E-state index in [-0.39, 0.29) is 12.1 Å². The van der Waals surface area contributed by atoms with Crippen molar-refractivity contribution in [3.05, 3.63) is 18.2 Å². The number of thioether (sulfide) groups is 1. The topological polar surface area (TPSA) is 61.0 Å². The number of urea groups is 1. The van der Waals surface area contributed by atoms with Crippen LogP contribution in [0.4, 0.5) is 4.79 Å². The quantitative estimate of drug-likeness (QED) is 0.894. The number of aromatic nitrogens is 2. The second-order valence-corrected chi connectivity index (χ2v) is 7.79. The Hall–Kier alpha value is -1.17. The molecule has 2 fully saturated rings. The minimum absolute atomic E-state index is 0.0910. The SMILES string of the molecule is CCSC1CCC(NC(=O)N2CCCCC2c2ncc[nH]2)C1. The molecular weight excluding hydrogens is 296 g/mol. The Morgan fingerprint density at radius 3 is 3.14 bits per heavy atom. The standard InChI is InChI=1S/C16H26N4OS/c1-2-22-13-7-6-12(11-13)19-16(21)20-10-4-3-5-14(20)15-17-8-9-18-15/h8-9,12-14H,2-7,10-11H2,1H3,(H,17,18)(H,19,21). The van der Waals surface area contributed by atoms with Gasteiger partial charge in [0, 0.05) is 30.2 Å². The first-order valence-electron chi connectivity index (χ1n) is 8.46. The normalized spacial score (nSPS) is 28.8. The largest absolute Gasteiger partial charge is 0.347 e. The summed E-state index contributed by atoms with van der Waals surface area (Å²) in [6.07, 6.45) is 10.3. The minimum atomic E-state index is 0.0910. The van der Waals surface area contributed by atoms with E-state index in [1.165, 1.54) is 6.42 Å². The Balaban J connectivity index is 1.58. The van der Waals surface area contributed by atoms with E-state index in [1.807, 2.05) is 22.9 Å². The van der Waals surface area contributed by atoms with Crippen molar-refractivity contribution in [3.8, 4) is 0 Å². The lowest BCUT2D eigenvalue weighted by Gasteiger charge is -2.35. The van der Waals surface area contributed by atoms with Crippen LogP contribution in [-0.2, 0) is 0 Å². The summed E-state index contributed by atoms with van der Waals surface area (Å²) in [6.45, 7) is 3.04. The molecule has 3 rings (SSSR count). The van der Waals surface area contributed by atoms with Crippen LogP contribution in [0.15, 0.2) is 12.4 Å². The molecule has 1 aliphatic heterocycles. The Labute approximate surface area is 136 Å². The van der Waals surface area contributed by atoms with Crippen LogP contribution >= 0.6 is 11.8 Å². The first-order chi connectivity index (χ1) is 10.8. The van der Waals surface area contributed by atoms with E-state index in [4.69, 9.17) is 0 Å². The Bertz CT molecular complexity index is 479. The van der Waals surface area contributed by atoms with Crippen LogP contribution in [0.5, 0.6) is 0 Å². The number of hydrogen-bond acceptors (Lipinski definition) is 3. The summed E-state index contributed by atoms with van der Waals surface area (Å²) in [6, 6.07) is 0.537. The number of carbonyl (C=O) groups excluding carboxylic acids is 1. The highest BCUT2D eigenvalue weighted by Gasteiger charge is 2.32. The van der Waals surface area contributed by atoms with Crippen molar-refractivity contribution in [2.24, 2.45) is 0 Å². The number of nitrogens with one attached hydrogen (secondary N) is 2. The van der Waals surface area contributed by atoms with Crippen molar-refractivity contribution >= 4 is 17.8 Å². The zero-order valence-electron chi connectivity index (χ0n) is 13.3. The molecule has 3 unspecified atom stereocenters. The van der Waals surface area contributed by atoms with Gasteiger partial charge in [0.15, 0.2) is 0 Å². The van der Waals surface area contributed by atoms with Crippen LogP contribution < -0.4 is 5.32 Å². The monoisotopic (exact) mass is 322 g/mol. The van der Waals surface area contributed by atoms with E-state index in [2.05, 4.69) is 22.2 Å². The second kappa shape index (κ2) is 7.40. The van der Waals surface area contributed by atoms with Crippen LogP contribution in [0.1, 0.15) is 57.3 Å². The van der Waals surface area contributed by atoms with Gasteiger partial charge in [-0.05, 0) is 44.3 Å². The molecule has 2 N–H and O–H groups in total. The molecule has 122 valence electrons. The summed E-state index contributed by atoms with van der Waals surface area (Å²) in [5.74, 6) is 2.08. The van der Waals surface area contributed by atoms with Gasteiger partial charge in [-0.2, -0.15) is 11.8 Å². The highest BCUT2D eigenvalue weighted by Crippen LogP contribution is 2.31. The highest BCUT2D eigenvalue weighted by molar-refractivity contribution is 7.99. The number of nitrogens with zero attached hydrogens (tertiary/aromatic N) is 2. The maximum Gasteiger partial charge on any atom is 0.318 e. The summed E-state index contributed by atoms with van der Waals surface area (Å²) < 4.78 is 0. The van der Waals surface area contributed by atoms with Crippen molar-refractivity contribution < 1.29 is 4.79 Å². The van der Waals surface area contributed by atoms with Crippen LogP contribution in [0.3, 0.4) is 0 Å². The molecule has 6 heteroatoms. The molecule has 0 aromatic carbocycles. The summed E-state index contributed by atoms with van der Waals surface area (Å²) in [5.41, 5.74) is 0. The number of imidazole rings is 1. The Morgan fingerprint density at radius 1 is 1.45 bits per heavy atom. The van der Waals surface area contributed by atoms with E-state index >= 15 is 0 Å². The zero-order valence-corrected chi connectivity index (χ0v) is 14.1. The fourth-order valence-electron chi connectivity index (χ4n) is 3.63. The van der Waals surface area contributed by atoms with Crippen LogP contribution in [0.2, 0.25) is 0 Å². The number of carbonyl (C=O) groups is 1. The van der Waals surface area contributed by atoms with Crippen molar-refractivity contribution in [1.82, 2.24) is 20.2 Å². The first-order valence-corrected chi connectivity index (χ1v) is 9.50. The molecule has 0 bridgehead atoms. The molecular formula is C16H26N4OS. The molecule has 1 aromatic heterocycles. The van der Waals surface area contributed by atoms with Crippen LogP contribution in [0, 0.1) is 0 Å². The molecule has 1 aromatic rings. The lowest BCUT2D eigenvalue weighted by molar-refractivity contribution is 0.145. The van der Waals surface area contributed by atoms with Crippen molar-refractivity contribution in [1.29, 1.82) is 0 Å². The van der Waals surface area contributed by atoms with Gasteiger partial charge in [-0.1, -0.05) is 6.92 Å².